The highest BCUT2D eigenvalue weighted by atomic mass is 16.6. The number of rotatable bonds is 3. The van der Waals surface area contributed by atoms with Gasteiger partial charge in [0.1, 0.15) is 5.60 Å². The molecule has 0 radical (unpaired) electrons. The largest absolute Gasteiger partial charge is 0.451 e. The van der Waals surface area contributed by atoms with Gasteiger partial charge in [0, 0.05) is 5.92 Å². The average molecular weight is 270 g/mol. The van der Waals surface area contributed by atoms with Gasteiger partial charge in [-0.05, 0) is 50.3 Å². The van der Waals surface area contributed by atoms with Crippen molar-refractivity contribution < 1.29 is 9.53 Å². The van der Waals surface area contributed by atoms with Crippen molar-refractivity contribution in [1.82, 2.24) is 0 Å². The van der Waals surface area contributed by atoms with E-state index in [1.807, 2.05) is 43.3 Å². The summed E-state index contributed by atoms with van der Waals surface area (Å²) in [6, 6.07) is 9.32. The smallest absolute Gasteiger partial charge is 0.339 e. The van der Waals surface area contributed by atoms with Gasteiger partial charge in [-0.15, -0.1) is 0 Å². The van der Waals surface area contributed by atoms with Crippen LogP contribution in [0.5, 0.6) is 0 Å². The van der Waals surface area contributed by atoms with Crippen LogP contribution in [0, 0.1) is 11.8 Å². The molecule has 2 saturated carbocycles. The molecule has 1 aromatic carbocycles. The molecule has 0 spiro atoms. The highest BCUT2D eigenvalue weighted by Gasteiger charge is 2.55. The van der Waals surface area contributed by atoms with Gasteiger partial charge < -0.3 is 4.74 Å². The van der Waals surface area contributed by atoms with E-state index >= 15 is 0 Å². The fourth-order valence-electron chi connectivity index (χ4n) is 3.93. The quantitative estimate of drug-likeness (QED) is 0.602. The van der Waals surface area contributed by atoms with Crippen LogP contribution >= 0.6 is 0 Å². The average Bonchev–Trinajstić information content (AvgIpc) is 2.47. The molecule has 0 aliphatic heterocycles. The first-order valence-electron chi connectivity index (χ1n) is 7.67. The topological polar surface area (TPSA) is 26.3 Å². The van der Waals surface area contributed by atoms with Crippen molar-refractivity contribution >= 4 is 5.97 Å². The third-order valence-corrected chi connectivity index (χ3v) is 4.86. The number of hydrogen-bond acceptors (Lipinski definition) is 2. The molecule has 0 amide bonds. The van der Waals surface area contributed by atoms with E-state index in [-0.39, 0.29) is 11.6 Å². The van der Waals surface area contributed by atoms with Gasteiger partial charge in [-0.1, -0.05) is 37.1 Å². The summed E-state index contributed by atoms with van der Waals surface area (Å²) in [5.74, 6) is 1.09. The van der Waals surface area contributed by atoms with Crippen LogP contribution in [0.2, 0.25) is 0 Å². The summed E-state index contributed by atoms with van der Waals surface area (Å²) < 4.78 is 5.94. The minimum Gasteiger partial charge on any atom is -0.451 e. The lowest BCUT2D eigenvalue weighted by Gasteiger charge is -2.55. The van der Waals surface area contributed by atoms with E-state index in [0.29, 0.717) is 11.5 Å². The maximum absolute atomic E-state index is 12.3. The van der Waals surface area contributed by atoms with Crippen molar-refractivity contribution in [1.29, 1.82) is 0 Å². The molecule has 0 aromatic heterocycles. The number of hydrogen-bond donors (Lipinski definition) is 0. The fraction of sp³-hybridized carbons (Fsp3) is 0.500. The van der Waals surface area contributed by atoms with Crippen LogP contribution in [0.1, 0.15) is 49.4 Å². The summed E-state index contributed by atoms with van der Waals surface area (Å²) >= 11 is 0. The molecule has 0 unspecified atom stereocenters. The van der Waals surface area contributed by atoms with Crippen LogP contribution in [-0.4, -0.2) is 11.6 Å². The third-order valence-electron chi connectivity index (χ3n) is 4.86. The maximum Gasteiger partial charge on any atom is 0.339 e. The number of allylic oxidation sites excluding steroid dienone is 1. The number of fused-ring (bicyclic) bond motifs is 1. The Morgan fingerprint density at radius 2 is 2.00 bits per heavy atom. The number of carbonyl (C=O) groups is 1. The zero-order valence-electron chi connectivity index (χ0n) is 12.0. The van der Waals surface area contributed by atoms with Gasteiger partial charge in [0.05, 0.1) is 5.56 Å². The van der Waals surface area contributed by atoms with Crippen molar-refractivity contribution in [2.45, 2.75) is 44.6 Å². The lowest BCUT2D eigenvalue weighted by Crippen LogP contribution is -2.56. The van der Waals surface area contributed by atoms with E-state index in [0.717, 1.165) is 12.3 Å². The highest BCUT2D eigenvalue weighted by molar-refractivity contribution is 5.89. The van der Waals surface area contributed by atoms with Crippen LogP contribution in [0.4, 0.5) is 0 Å². The molecular formula is C18H22O2. The lowest BCUT2D eigenvalue weighted by molar-refractivity contribution is -0.127. The summed E-state index contributed by atoms with van der Waals surface area (Å²) in [6.45, 7) is 2.01. The van der Waals surface area contributed by atoms with Crippen LogP contribution in [0.15, 0.2) is 42.5 Å². The molecule has 0 heterocycles. The first-order valence-corrected chi connectivity index (χ1v) is 7.67. The molecule has 2 nitrogen and oxygen atoms in total. The number of esters is 1. The summed E-state index contributed by atoms with van der Waals surface area (Å²) in [4.78, 5) is 12.3. The van der Waals surface area contributed by atoms with Gasteiger partial charge in [-0.3, -0.25) is 0 Å². The van der Waals surface area contributed by atoms with E-state index in [1.165, 1.54) is 25.7 Å². The molecule has 0 bridgehead atoms. The summed E-state index contributed by atoms with van der Waals surface area (Å²) in [5, 5.41) is 0. The van der Waals surface area contributed by atoms with Crippen LogP contribution in [0.25, 0.3) is 0 Å². The monoisotopic (exact) mass is 270 g/mol. The first-order chi connectivity index (χ1) is 9.75. The summed E-state index contributed by atoms with van der Waals surface area (Å²) in [5.41, 5.74) is 0.308. The van der Waals surface area contributed by atoms with Gasteiger partial charge in [-0.25, -0.2) is 4.79 Å². The van der Waals surface area contributed by atoms with Gasteiger partial charge in [0.15, 0.2) is 0 Å². The minimum atomic E-state index is -0.341. The molecule has 2 aliphatic carbocycles. The van der Waals surface area contributed by atoms with Crippen molar-refractivity contribution in [2.75, 3.05) is 0 Å². The fourth-order valence-corrected chi connectivity index (χ4v) is 3.93. The van der Waals surface area contributed by atoms with E-state index in [2.05, 4.69) is 6.08 Å². The Balaban J connectivity index is 1.77. The predicted octanol–water partition coefficient (Wildman–Crippen LogP) is 4.37. The zero-order valence-corrected chi connectivity index (χ0v) is 12.0. The Morgan fingerprint density at radius 3 is 2.70 bits per heavy atom. The molecule has 3 rings (SSSR count). The van der Waals surface area contributed by atoms with Crippen LogP contribution < -0.4 is 0 Å². The summed E-state index contributed by atoms with van der Waals surface area (Å²) in [7, 11) is 0. The van der Waals surface area contributed by atoms with Crippen molar-refractivity contribution in [3.63, 3.8) is 0 Å². The van der Waals surface area contributed by atoms with Crippen LogP contribution in [0.3, 0.4) is 0 Å². The molecule has 20 heavy (non-hydrogen) atoms. The number of benzene rings is 1. The molecule has 1 aromatic rings. The first kappa shape index (κ1) is 13.4. The van der Waals surface area contributed by atoms with Gasteiger partial charge in [-0.2, -0.15) is 0 Å². The Bertz CT molecular complexity index is 505. The second-order valence-corrected chi connectivity index (χ2v) is 6.07. The normalized spacial score (nSPS) is 32.5. The molecular weight excluding hydrogens is 248 g/mol. The molecule has 2 aliphatic rings. The molecule has 3 atom stereocenters. The zero-order chi connectivity index (χ0) is 14.0. The van der Waals surface area contributed by atoms with Gasteiger partial charge in [0.2, 0.25) is 0 Å². The van der Waals surface area contributed by atoms with Gasteiger partial charge in [0.25, 0.3) is 0 Å². The molecule has 0 saturated heterocycles. The van der Waals surface area contributed by atoms with Gasteiger partial charge >= 0.3 is 5.97 Å². The molecule has 0 N–H and O–H groups in total. The SMILES string of the molecule is C/C=C/[C@]1(OC(=O)c2ccccc2)C[C@H]2CCCC[C@@H]21. The van der Waals surface area contributed by atoms with Crippen molar-refractivity contribution in [3.05, 3.63) is 48.0 Å². The molecule has 106 valence electrons. The van der Waals surface area contributed by atoms with E-state index in [9.17, 15) is 4.79 Å². The predicted molar refractivity (Wildman–Crippen MR) is 79.5 cm³/mol. The second kappa shape index (κ2) is 5.43. The van der Waals surface area contributed by atoms with E-state index in [4.69, 9.17) is 4.74 Å². The number of carbonyl (C=O) groups excluding carboxylic acids is 1. The van der Waals surface area contributed by atoms with Crippen molar-refractivity contribution in [2.24, 2.45) is 11.8 Å². The Kier molecular flexibility index (Phi) is 3.64. The van der Waals surface area contributed by atoms with E-state index in [1.54, 1.807) is 0 Å². The third kappa shape index (κ3) is 2.28. The molecule has 2 fully saturated rings. The maximum atomic E-state index is 12.3. The standard InChI is InChI=1S/C18H22O2/c1-2-12-18(13-15-10-6-7-11-16(15)18)20-17(19)14-8-4-3-5-9-14/h2-5,8-9,12,15-16H,6-7,10-11,13H2,1H3/b12-2+/t15-,16+,18+/m1/s1. The number of ether oxygens (including phenoxy) is 1. The molecule has 2 heteroatoms. The van der Waals surface area contributed by atoms with E-state index < -0.39 is 0 Å². The Hall–Kier alpha value is -1.57. The Morgan fingerprint density at radius 1 is 1.25 bits per heavy atom. The summed E-state index contributed by atoms with van der Waals surface area (Å²) in [6.07, 6.45) is 10.2. The second-order valence-electron chi connectivity index (χ2n) is 6.07. The Labute approximate surface area is 120 Å². The van der Waals surface area contributed by atoms with Crippen molar-refractivity contribution in [3.8, 4) is 0 Å². The van der Waals surface area contributed by atoms with Crippen LogP contribution in [-0.2, 0) is 4.74 Å². The minimum absolute atomic E-state index is 0.187. The highest BCUT2D eigenvalue weighted by Crippen LogP contribution is 2.54. The lowest BCUT2D eigenvalue weighted by atomic mass is 9.55.